The molecule has 2 heterocycles. The van der Waals surface area contributed by atoms with Crippen molar-refractivity contribution in [2.45, 2.75) is 38.8 Å². The van der Waals surface area contributed by atoms with Crippen molar-refractivity contribution in [1.29, 1.82) is 0 Å². The number of carbonyl (C=O) groups excluding carboxylic acids is 1. The number of carbonyl (C=O) groups is 1. The third kappa shape index (κ3) is 4.44. The average molecular weight is 404 g/mol. The van der Waals surface area contributed by atoms with Crippen molar-refractivity contribution in [3.8, 4) is 5.75 Å². The highest BCUT2D eigenvalue weighted by Crippen LogP contribution is 2.38. The highest BCUT2D eigenvalue weighted by molar-refractivity contribution is 7.92. The summed E-state index contributed by atoms with van der Waals surface area (Å²) in [5.74, 6) is 0.0183. The summed E-state index contributed by atoms with van der Waals surface area (Å²) in [7, 11) is -3.57. The summed E-state index contributed by atoms with van der Waals surface area (Å²) in [5.41, 5.74) is 2.21. The lowest BCUT2D eigenvalue weighted by Gasteiger charge is -2.35. The fraction of sp³-hybridized carbons (Fsp3) is 0.400. The molecular weight excluding hydrogens is 378 g/mol. The lowest BCUT2D eigenvalue weighted by molar-refractivity contribution is -0.127. The van der Waals surface area contributed by atoms with Gasteiger partial charge in [-0.3, -0.25) is 14.1 Å². The number of nitrogens with zero attached hydrogens (tertiary/aromatic N) is 2. The molecular formula is C20H25N3O4S. The van der Waals surface area contributed by atoms with Crippen molar-refractivity contribution in [3.63, 3.8) is 0 Å². The number of hydrogen-bond donors (Lipinski definition) is 1. The molecule has 1 amide bonds. The lowest BCUT2D eigenvalue weighted by Crippen LogP contribution is -2.50. The number of pyridine rings is 1. The van der Waals surface area contributed by atoms with E-state index in [0.717, 1.165) is 17.4 Å². The molecule has 0 saturated carbocycles. The summed E-state index contributed by atoms with van der Waals surface area (Å²) in [5, 5.41) is 2.79. The molecule has 0 aliphatic carbocycles. The normalized spacial score (nSPS) is 16.9. The quantitative estimate of drug-likeness (QED) is 0.846. The van der Waals surface area contributed by atoms with Crippen LogP contribution in [0.15, 0.2) is 42.7 Å². The second kappa shape index (κ2) is 7.43. The van der Waals surface area contributed by atoms with E-state index in [4.69, 9.17) is 4.74 Å². The monoisotopic (exact) mass is 403 g/mol. The predicted molar refractivity (Wildman–Crippen MR) is 108 cm³/mol. The molecule has 1 aliphatic rings. The first kappa shape index (κ1) is 20.1. The maximum Gasteiger partial charge on any atom is 0.263 e. The second-order valence-corrected chi connectivity index (χ2v) is 9.81. The highest BCUT2D eigenvalue weighted by atomic mass is 32.2. The van der Waals surface area contributed by atoms with Crippen molar-refractivity contribution in [2.75, 3.05) is 17.1 Å². The molecule has 28 heavy (non-hydrogen) atoms. The van der Waals surface area contributed by atoms with Crippen molar-refractivity contribution in [2.24, 2.45) is 0 Å². The largest absolute Gasteiger partial charge is 0.476 e. The zero-order chi connectivity index (χ0) is 20.5. The Morgan fingerprint density at radius 3 is 2.54 bits per heavy atom. The maximum atomic E-state index is 12.6. The molecule has 1 aromatic carbocycles. The van der Waals surface area contributed by atoms with E-state index in [-0.39, 0.29) is 17.9 Å². The number of rotatable bonds is 4. The van der Waals surface area contributed by atoms with Gasteiger partial charge in [0.25, 0.3) is 5.91 Å². The molecule has 1 aromatic heterocycles. The third-order valence-corrected chi connectivity index (χ3v) is 5.75. The number of amides is 1. The van der Waals surface area contributed by atoms with Crippen LogP contribution in [0.5, 0.6) is 5.75 Å². The molecule has 0 bridgehead atoms. The van der Waals surface area contributed by atoms with E-state index in [2.05, 4.69) is 31.1 Å². The van der Waals surface area contributed by atoms with Crippen LogP contribution in [0.4, 0.5) is 5.69 Å². The predicted octanol–water partition coefficient (Wildman–Crippen LogP) is 2.22. The number of fused-ring (bicyclic) bond motifs is 1. The zero-order valence-corrected chi connectivity index (χ0v) is 17.3. The van der Waals surface area contributed by atoms with Gasteiger partial charge in [0, 0.05) is 18.9 Å². The van der Waals surface area contributed by atoms with Crippen LogP contribution < -0.4 is 14.4 Å². The minimum atomic E-state index is -3.57. The Morgan fingerprint density at radius 1 is 1.25 bits per heavy atom. The van der Waals surface area contributed by atoms with Crippen LogP contribution in [-0.4, -0.2) is 38.2 Å². The number of hydrogen-bond acceptors (Lipinski definition) is 5. The van der Waals surface area contributed by atoms with Gasteiger partial charge in [-0.05, 0) is 40.8 Å². The molecule has 0 fully saturated rings. The van der Waals surface area contributed by atoms with Crippen molar-refractivity contribution in [1.82, 2.24) is 10.3 Å². The first-order valence-electron chi connectivity index (χ1n) is 9.01. The third-order valence-electron chi connectivity index (χ3n) is 4.60. The first-order chi connectivity index (χ1) is 13.1. The SMILES string of the molecule is CC(C)(C)c1ccc2c(c1)N(S(C)(=O)=O)CC(C(=O)NCc1ccncc1)O2. The zero-order valence-electron chi connectivity index (χ0n) is 16.5. The van der Waals surface area contributed by atoms with Gasteiger partial charge in [0.15, 0.2) is 6.10 Å². The van der Waals surface area contributed by atoms with Crippen molar-refractivity contribution in [3.05, 3.63) is 53.9 Å². The molecule has 2 aromatic rings. The van der Waals surface area contributed by atoms with Gasteiger partial charge in [0.2, 0.25) is 10.0 Å². The number of ether oxygens (including phenoxy) is 1. The Kier molecular flexibility index (Phi) is 5.34. The number of sulfonamides is 1. The molecule has 3 rings (SSSR count). The highest BCUT2D eigenvalue weighted by Gasteiger charge is 2.35. The molecule has 0 saturated heterocycles. The smallest absolute Gasteiger partial charge is 0.263 e. The Bertz CT molecular complexity index is 969. The standard InChI is InChI=1S/C20H25N3O4S/c1-20(2,3)15-5-6-17-16(11-15)23(28(4,25)26)13-18(27-17)19(24)22-12-14-7-9-21-10-8-14/h5-11,18H,12-13H2,1-4H3,(H,22,24). The summed E-state index contributed by atoms with van der Waals surface area (Å²) in [6, 6.07) is 9.05. The van der Waals surface area contributed by atoms with Crippen LogP contribution in [0.3, 0.4) is 0 Å². The topological polar surface area (TPSA) is 88.6 Å². The van der Waals surface area contributed by atoms with E-state index in [1.54, 1.807) is 30.6 Å². The number of anilines is 1. The fourth-order valence-electron chi connectivity index (χ4n) is 2.97. The molecule has 150 valence electrons. The number of benzene rings is 1. The van der Waals surface area contributed by atoms with E-state index in [0.29, 0.717) is 18.0 Å². The van der Waals surface area contributed by atoms with Crippen molar-refractivity contribution < 1.29 is 17.9 Å². The summed E-state index contributed by atoms with van der Waals surface area (Å²) < 4.78 is 31.9. The summed E-state index contributed by atoms with van der Waals surface area (Å²) in [6.07, 6.45) is 3.50. The van der Waals surface area contributed by atoms with E-state index in [9.17, 15) is 13.2 Å². The molecule has 1 unspecified atom stereocenters. The van der Waals surface area contributed by atoms with Gasteiger partial charge < -0.3 is 10.1 Å². The average Bonchev–Trinajstić information content (AvgIpc) is 2.64. The summed E-state index contributed by atoms with van der Waals surface area (Å²) in [6.45, 7) is 6.41. The summed E-state index contributed by atoms with van der Waals surface area (Å²) in [4.78, 5) is 16.5. The molecule has 7 nitrogen and oxygen atoms in total. The van der Waals surface area contributed by atoms with E-state index in [1.165, 1.54) is 4.31 Å². The molecule has 1 aliphatic heterocycles. The molecule has 1 atom stereocenters. The lowest BCUT2D eigenvalue weighted by atomic mass is 9.86. The number of nitrogens with one attached hydrogen (secondary N) is 1. The van der Waals surface area contributed by atoms with E-state index >= 15 is 0 Å². The Balaban J connectivity index is 1.85. The Morgan fingerprint density at radius 2 is 1.93 bits per heavy atom. The van der Waals surface area contributed by atoms with E-state index in [1.807, 2.05) is 12.1 Å². The van der Waals surface area contributed by atoms with Crippen LogP contribution in [0.1, 0.15) is 31.9 Å². The van der Waals surface area contributed by atoms with Crippen LogP contribution in [0.2, 0.25) is 0 Å². The Labute approximate surface area is 165 Å². The van der Waals surface area contributed by atoms with Gasteiger partial charge in [0.05, 0.1) is 18.5 Å². The first-order valence-corrected chi connectivity index (χ1v) is 10.9. The van der Waals surface area contributed by atoms with Crippen LogP contribution >= 0.6 is 0 Å². The van der Waals surface area contributed by atoms with Gasteiger partial charge in [-0.15, -0.1) is 0 Å². The molecule has 0 radical (unpaired) electrons. The van der Waals surface area contributed by atoms with E-state index < -0.39 is 16.1 Å². The molecule has 0 spiro atoms. The number of aromatic nitrogens is 1. The van der Waals surface area contributed by atoms with Crippen molar-refractivity contribution >= 4 is 21.6 Å². The Hall–Kier alpha value is -2.61. The van der Waals surface area contributed by atoms with Gasteiger partial charge in [-0.2, -0.15) is 0 Å². The summed E-state index contributed by atoms with van der Waals surface area (Å²) >= 11 is 0. The maximum absolute atomic E-state index is 12.6. The second-order valence-electron chi connectivity index (χ2n) is 7.91. The van der Waals surface area contributed by atoms with Gasteiger partial charge in [-0.25, -0.2) is 8.42 Å². The van der Waals surface area contributed by atoms with Crippen LogP contribution in [0.25, 0.3) is 0 Å². The van der Waals surface area contributed by atoms with Gasteiger partial charge in [0.1, 0.15) is 5.75 Å². The fourth-order valence-corrected chi connectivity index (χ4v) is 3.88. The molecule has 8 heteroatoms. The van der Waals surface area contributed by atoms with Crippen LogP contribution in [-0.2, 0) is 26.8 Å². The minimum Gasteiger partial charge on any atom is -0.476 e. The van der Waals surface area contributed by atoms with Gasteiger partial charge >= 0.3 is 0 Å². The minimum absolute atomic E-state index is 0.0678. The van der Waals surface area contributed by atoms with Crippen LogP contribution in [0, 0.1) is 0 Å². The van der Waals surface area contributed by atoms with Gasteiger partial charge in [-0.1, -0.05) is 26.8 Å². The molecule has 1 N–H and O–H groups in total.